The first-order chi connectivity index (χ1) is 11.8. The fourth-order valence-corrected chi connectivity index (χ4v) is 2.62. The molecule has 25 heavy (non-hydrogen) atoms. The van der Waals surface area contributed by atoms with E-state index in [1.807, 2.05) is 0 Å². The van der Waals surface area contributed by atoms with Crippen LogP contribution in [0.3, 0.4) is 0 Å². The second kappa shape index (κ2) is 8.19. The minimum atomic E-state index is -3.74. The first kappa shape index (κ1) is 19.0. The van der Waals surface area contributed by atoms with Crippen LogP contribution in [-0.2, 0) is 14.8 Å². The highest BCUT2D eigenvalue weighted by Crippen LogP contribution is 2.23. The molecule has 7 nitrogen and oxygen atoms in total. The Labute approximate surface area is 150 Å². The number of carbonyl (C=O) groups is 1. The zero-order valence-corrected chi connectivity index (χ0v) is 14.8. The van der Waals surface area contributed by atoms with Crippen molar-refractivity contribution in [1.29, 1.82) is 0 Å². The maximum absolute atomic E-state index is 12.0. The SMILES string of the molecule is COc1ccc(Cl)cc1C(=O)OCCOc1ccc(S(N)(=O)=O)cc1. The van der Waals surface area contributed by atoms with Gasteiger partial charge in [-0.15, -0.1) is 0 Å². The van der Waals surface area contributed by atoms with Crippen LogP contribution in [0.25, 0.3) is 0 Å². The van der Waals surface area contributed by atoms with Gasteiger partial charge in [-0.05, 0) is 42.5 Å². The lowest BCUT2D eigenvalue weighted by Gasteiger charge is -2.10. The van der Waals surface area contributed by atoms with E-state index in [1.165, 1.54) is 37.4 Å². The maximum atomic E-state index is 12.0. The molecular weight excluding hydrogens is 370 g/mol. The van der Waals surface area contributed by atoms with Crippen molar-refractivity contribution in [3.05, 3.63) is 53.1 Å². The lowest BCUT2D eigenvalue weighted by Crippen LogP contribution is -2.14. The minimum absolute atomic E-state index is 0.00849. The fraction of sp³-hybridized carbons (Fsp3) is 0.188. The van der Waals surface area contributed by atoms with Crippen molar-refractivity contribution in [3.63, 3.8) is 0 Å². The van der Waals surface area contributed by atoms with Crippen LogP contribution in [0.1, 0.15) is 10.4 Å². The number of rotatable bonds is 7. The number of halogens is 1. The van der Waals surface area contributed by atoms with E-state index in [0.717, 1.165) is 0 Å². The Hall–Kier alpha value is -2.29. The Morgan fingerprint density at radius 3 is 2.40 bits per heavy atom. The molecule has 0 aliphatic carbocycles. The molecule has 0 fully saturated rings. The van der Waals surface area contributed by atoms with Crippen molar-refractivity contribution in [2.24, 2.45) is 5.14 Å². The van der Waals surface area contributed by atoms with Gasteiger partial charge in [-0.25, -0.2) is 18.4 Å². The molecule has 2 rings (SSSR count). The molecule has 9 heteroatoms. The van der Waals surface area contributed by atoms with Crippen molar-refractivity contribution in [3.8, 4) is 11.5 Å². The second-order valence-electron chi connectivity index (χ2n) is 4.85. The monoisotopic (exact) mass is 385 g/mol. The Kier molecular flexibility index (Phi) is 6.24. The van der Waals surface area contributed by atoms with E-state index < -0.39 is 16.0 Å². The van der Waals surface area contributed by atoms with E-state index in [1.54, 1.807) is 12.1 Å². The van der Waals surface area contributed by atoms with E-state index in [0.29, 0.717) is 16.5 Å². The van der Waals surface area contributed by atoms with Gasteiger partial charge >= 0.3 is 5.97 Å². The third kappa shape index (κ3) is 5.35. The summed E-state index contributed by atoms with van der Waals surface area (Å²) in [5.74, 6) is 0.185. The van der Waals surface area contributed by atoms with Crippen molar-refractivity contribution >= 4 is 27.6 Å². The molecule has 0 amide bonds. The lowest BCUT2D eigenvalue weighted by molar-refractivity contribution is 0.0447. The van der Waals surface area contributed by atoms with E-state index in [-0.39, 0.29) is 23.7 Å². The third-order valence-electron chi connectivity index (χ3n) is 3.12. The molecule has 0 saturated heterocycles. The number of esters is 1. The van der Waals surface area contributed by atoms with Gasteiger partial charge in [0.1, 0.15) is 30.3 Å². The first-order valence-corrected chi connectivity index (χ1v) is 9.00. The van der Waals surface area contributed by atoms with Gasteiger partial charge < -0.3 is 14.2 Å². The lowest BCUT2D eigenvalue weighted by atomic mass is 10.2. The molecule has 0 atom stereocenters. The maximum Gasteiger partial charge on any atom is 0.342 e. The third-order valence-corrected chi connectivity index (χ3v) is 4.28. The van der Waals surface area contributed by atoms with Crippen LogP contribution in [0.2, 0.25) is 5.02 Å². The molecule has 0 radical (unpaired) electrons. The number of hydrogen-bond acceptors (Lipinski definition) is 6. The highest BCUT2D eigenvalue weighted by molar-refractivity contribution is 7.89. The summed E-state index contributed by atoms with van der Waals surface area (Å²) in [6, 6.07) is 10.2. The summed E-state index contributed by atoms with van der Waals surface area (Å²) in [5, 5.41) is 5.39. The molecule has 0 spiro atoms. The van der Waals surface area contributed by atoms with Gasteiger partial charge in [0.2, 0.25) is 10.0 Å². The zero-order chi connectivity index (χ0) is 18.4. The van der Waals surface area contributed by atoms with E-state index in [4.69, 9.17) is 31.0 Å². The Bertz CT molecular complexity index is 851. The molecule has 0 bridgehead atoms. The first-order valence-electron chi connectivity index (χ1n) is 7.07. The summed E-state index contributed by atoms with van der Waals surface area (Å²) in [6.45, 7) is 0.0782. The molecule has 2 aromatic rings. The van der Waals surface area contributed by atoms with Crippen LogP contribution in [-0.4, -0.2) is 34.7 Å². The molecule has 134 valence electrons. The van der Waals surface area contributed by atoms with Gasteiger partial charge in [-0.3, -0.25) is 0 Å². The molecule has 0 aliphatic rings. The molecule has 0 aromatic heterocycles. The van der Waals surface area contributed by atoms with Crippen LogP contribution < -0.4 is 14.6 Å². The summed E-state index contributed by atoms with van der Waals surface area (Å²) in [5.41, 5.74) is 0.215. The van der Waals surface area contributed by atoms with Gasteiger partial charge in [0.05, 0.1) is 12.0 Å². The minimum Gasteiger partial charge on any atom is -0.496 e. The predicted molar refractivity (Wildman–Crippen MR) is 91.6 cm³/mol. The summed E-state index contributed by atoms with van der Waals surface area (Å²) >= 11 is 5.86. The number of nitrogens with two attached hydrogens (primary N) is 1. The van der Waals surface area contributed by atoms with Gasteiger partial charge in [0.15, 0.2) is 0 Å². The molecule has 0 aliphatic heterocycles. The Balaban J connectivity index is 1.87. The number of sulfonamides is 1. The molecular formula is C16H16ClNO6S. The average Bonchev–Trinajstić information content (AvgIpc) is 2.58. The molecule has 0 saturated carbocycles. The summed E-state index contributed by atoms with van der Waals surface area (Å²) in [7, 11) is -2.31. The normalized spacial score (nSPS) is 11.0. The topological polar surface area (TPSA) is 105 Å². The molecule has 2 N–H and O–H groups in total. The van der Waals surface area contributed by atoms with E-state index in [9.17, 15) is 13.2 Å². The Morgan fingerprint density at radius 1 is 1.12 bits per heavy atom. The Morgan fingerprint density at radius 2 is 1.80 bits per heavy atom. The number of benzene rings is 2. The van der Waals surface area contributed by atoms with E-state index >= 15 is 0 Å². The number of ether oxygens (including phenoxy) is 3. The van der Waals surface area contributed by atoms with Crippen molar-refractivity contribution in [2.75, 3.05) is 20.3 Å². The zero-order valence-electron chi connectivity index (χ0n) is 13.3. The van der Waals surface area contributed by atoms with Crippen molar-refractivity contribution < 1.29 is 27.4 Å². The van der Waals surface area contributed by atoms with Gasteiger partial charge in [0.25, 0.3) is 0 Å². The van der Waals surface area contributed by atoms with Gasteiger partial charge in [0, 0.05) is 5.02 Å². The standard InChI is InChI=1S/C16H16ClNO6S/c1-22-15-7-2-11(17)10-14(15)16(19)24-9-8-23-12-3-5-13(6-4-12)25(18,20)21/h2-7,10H,8-9H2,1H3,(H2,18,20,21). The molecule has 2 aromatic carbocycles. The van der Waals surface area contributed by atoms with Crippen molar-refractivity contribution in [1.82, 2.24) is 0 Å². The summed E-state index contributed by atoms with van der Waals surface area (Å²) in [4.78, 5) is 12.0. The average molecular weight is 386 g/mol. The summed E-state index contributed by atoms with van der Waals surface area (Å²) in [6.07, 6.45) is 0. The van der Waals surface area contributed by atoms with Crippen LogP contribution in [0.15, 0.2) is 47.4 Å². The number of hydrogen-bond donors (Lipinski definition) is 1. The number of methoxy groups -OCH3 is 1. The number of carbonyl (C=O) groups excluding carboxylic acids is 1. The highest BCUT2D eigenvalue weighted by atomic mass is 35.5. The van der Waals surface area contributed by atoms with Crippen LogP contribution in [0.5, 0.6) is 11.5 Å². The van der Waals surface area contributed by atoms with Gasteiger partial charge in [-0.2, -0.15) is 0 Å². The fourth-order valence-electron chi connectivity index (χ4n) is 1.94. The smallest absolute Gasteiger partial charge is 0.342 e. The van der Waals surface area contributed by atoms with Crippen molar-refractivity contribution in [2.45, 2.75) is 4.90 Å². The summed E-state index contributed by atoms with van der Waals surface area (Å²) < 4.78 is 37.9. The van der Waals surface area contributed by atoms with E-state index in [2.05, 4.69) is 0 Å². The highest BCUT2D eigenvalue weighted by Gasteiger charge is 2.14. The predicted octanol–water partition coefficient (Wildman–Crippen LogP) is 2.23. The second-order valence-corrected chi connectivity index (χ2v) is 6.84. The quantitative estimate of drug-likeness (QED) is 0.578. The van der Waals surface area contributed by atoms with Crippen LogP contribution in [0, 0.1) is 0 Å². The van der Waals surface area contributed by atoms with Crippen LogP contribution >= 0.6 is 11.6 Å². The molecule has 0 unspecified atom stereocenters. The number of primary sulfonamides is 1. The van der Waals surface area contributed by atoms with Crippen LogP contribution in [0.4, 0.5) is 0 Å². The molecule has 0 heterocycles. The van der Waals surface area contributed by atoms with Gasteiger partial charge in [-0.1, -0.05) is 11.6 Å². The largest absolute Gasteiger partial charge is 0.496 e.